The van der Waals surface area contributed by atoms with Crippen LogP contribution in [0, 0.1) is 0 Å². The SMILES string of the molecule is CCC1(C)CN(c2ccc3c(c2)OCO3)C(C)CN1. The van der Waals surface area contributed by atoms with Crippen LogP contribution in [0.5, 0.6) is 11.5 Å². The van der Waals surface area contributed by atoms with E-state index in [1.807, 2.05) is 6.07 Å². The van der Waals surface area contributed by atoms with Gasteiger partial charge < -0.3 is 19.7 Å². The lowest BCUT2D eigenvalue weighted by Gasteiger charge is -2.46. The first-order valence-electron chi connectivity index (χ1n) is 7.03. The number of nitrogens with zero attached hydrogens (tertiary/aromatic N) is 1. The molecule has 4 nitrogen and oxygen atoms in total. The molecule has 1 aromatic carbocycles. The van der Waals surface area contributed by atoms with Crippen molar-refractivity contribution in [2.75, 3.05) is 24.8 Å². The highest BCUT2D eigenvalue weighted by molar-refractivity contribution is 5.58. The summed E-state index contributed by atoms with van der Waals surface area (Å²) in [6.45, 7) is 9.15. The van der Waals surface area contributed by atoms with Crippen LogP contribution in [0.2, 0.25) is 0 Å². The molecule has 2 aliphatic heterocycles. The summed E-state index contributed by atoms with van der Waals surface area (Å²) in [5.41, 5.74) is 1.40. The molecule has 0 aliphatic carbocycles. The lowest BCUT2D eigenvalue weighted by Crippen LogP contribution is -2.62. The average molecular weight is 262 g/mol. The monoisotopic (exact) mass is 262 g/mol. The third-order valence-corrected chi connectivity index (χ3v) is 4.34. The maximum Gasteiger partial charge on any atom is 0.231 e. The van der Waals surface area contributed by atoms with Gasteiger partial charge in [-0.1, -0.05) is 6.92 Å². The Hall–Kier alpha value is -1.42. The molecule has 0 bridgehead atoms. The molecule has 1 saturated heterocycles. The zero-order valence-corrected chi connectivity index (χ0v) is 11.9. The Kier molecular flexibility index (Phi) is 3.05. The number of piperazine rings is 1. The molecule has 0 amide bonds. The lowest BCUT2D eigenvalue weighted by molar-refractivity contribution is 0.174. The molecule has 3 rings (SSSR count). The van der Waals surface area contributed by atoms with Gasteiger partial charge in [0.1, 0.15) is 0 Å². The van der Waals surface area contributed by atoms with E-state index < -0.39 is 0 Å². The highest BCUT2D eigenvalue weighted by atomic mass is 16.7. The first-order chi connectivity index (χ1) is 9.11. The average Bonchev–Trinajstić information content (AvgIpc) is 2.89. The number of anilines is 1. The molecule has 2 aliphatic rings. The zero-order chi connectivity index (χ0) is 13.5. The van der Waals surface area contributed by atoms with E-state index in [2.05, 4.69) is 43.1 Å². The second-order valence-corrected chi connectivity index (χ2v) is 5.81. The number of rotatable bonds is 2. The van der Waals surface area contributed by atoms with E-state index in [9.17, 15) is 0 Å². The number of hydrogen-bond donors (Lipinski definition) is 1. The van der Waals surface area contributed by atoms with Gasteiger partial charge >= 0.3 is 0 Å². The Bertz CT molecular complexity index is 477. The molecular weight excluding hydrogens is 240 g/mol. The molecule has 4 heteroatoms. The Morgan fingerprint density at radius 1 is 1.37 bits per heavy atom. The van der Waals surface area contributed by atoms with Crippen molar-refractivity contribution in [1.29, 1.82) is 0 Å². The van der Waals surface area contributed by atoms with Gasteiger partial charge in [0, 0.05) is 36.4 Å². The van der Waals surface area contributed by atoms with Crippen molar-refractivity contribution < 1.29 is 9.47 Å². The van der Waals surface area contributed by atoms with E-state index in [0.29, 0.717) is 12.8 Å². The second kappa shape index (κ2) is 4.60. The van der Waals surface area contributed by atoms with E-state index in [0.717, 1.165) is 31.0 Å². The summed E-state index contributed by atoms with van der Waals surface area (Å²) >= 11 is 0. The molecule has 0 radical (unpaired) electrons. The van der Waals surface area contributed by atoms with Crippen LogP contribution in [0.15, 0.2) is 18.2 Å². The molecule has 2 atom stereocenters. The molecular formula is C15H22N2O2. The van der Waals surface area contributed by atoms with E-state index in [-0.39, 0.29) is 5.54 Å². The predicted octanol–water partition coefficient (Wildman–Crippen LogP) is 2.38. The van der Waals surface area contributed by atoms with Gasteiger partial charge in [0.2, 0.25) is 6.79 Å². The summed E-state index contributed by atoms with van der Waals surface area (Å²) in [6.07, 6.45) is 1.13. The molecule has 2 unspecified atom stereocenters. The fraction of sp³-hybridized carbons (Fsp3) is 0.600. The van der Waals surface area contributed by atoms with Crippen LogP contribution in [0.4, 0.5) is 5.69 Å². The summed E-state index contributed by atoms with van der Waals surface area (Å²) in [6, 6.07) is 6.72. The van der Waals surface area contributed by atoms with E-state index >= 15 is 0 Å². The van der Waals surface area contributed by atoms with Gasteiger partial charge in [-0.25, -0.2) is 0 Å². The fourth-order valence-electron chi connectivity index (χ4n) is 2.74. The molecule has 0 saturated carbocycles. The topological polar surface area (TPSA) is 33.7 Å². The minimum Gasteiger partial charge on any atom is -0.454 e. The highest BCUT2D eigenvalue weighted by Crippen LogP contribution is 2.37. The number of benzene rings is 1. The van der Waals surface area contributed by atoms with Crippen molar-refractivity contribution >= 4 is 5.69 Å². The number of ether oxygens (including phenoxy) is 2. The van der Waals surface area contributed by atoms with E-state index in [1.54, 1.807) is 0 Å². The first kappa shape index (κ1) is 12.6. The maximum atomic E-state index is 5.48. The van der Waals surface area contributed by atoms with Gasteiger partial charge in [-0.05, 0) is 32.4 Å². The number of nitrogens with one attached hydrogen (secondary N) is 1. The summed E-state index contributed by atoms with van der Waals surface area (Å²) < 4.78 is 10.9. The number of hydrogen-bond acceptors (Lipinski definition) is 4. The maximum absolute atomic E-state index is 5.48. The summed E-state index contributed by atoms with van der Waals surface area (Å²) in [5.74, 6) is 1.71. The number of fused-ring (bicyclic) bond motifs is 1. The van der Waals surface area contributed by atoms with Gasteiger partial charge in [-0.2, -0.15) is 0 Å². The highest BCUT2D eigenvalue weighted by Gasteiger charge is 2.33. The molecule has 1 aromatic rings. The predicted molar refractivity (Wildman–Crippen MR) is 76.1 cm³/mol. The molecule has 1 fully saturated rings. The van der Waals surface area contributed by atoms with Crippen LogP contribution in [-0.2, 0) is 0 Å². The molecule has 19 heavy (non-hydrogen) atoms. The summed E-state index contributed by atoms with van der Waals surface area (Å²) in [4.78, 5) is 2.46. The molecule has 2 heterocycles. The summed E-state index contributed by atoms with van der Waals surface area (Å²) in [5, 5.41) is 3.65. The van der Waals surface area contributed by atoms with Crippen molar-refractivity contribution in [3.8, 4) is 11.5 Å². The van der Waals surface area contributed by atoms with E-state index in [1.165, 1.54) is 5.69 Å². The Labute approximate surface area is 114 Å². The van der Waals surface area contributed by atoms with Crippen LogP contribution in [0.3, 0.4) is 0 Å². The van der Waals surface area contributed by atoms with Crippen LogP contribution < -0.4 is 19.7 Å². The molecule has 0 spiro atoms. The van der Waals surface area contributed by atoms with Crippen molar-refractivity contribution in [2.45, 2.75) is 38.8 Å². The van der Waals surface area contributed by atoms with Crippen molar-refractivity contribution in [2.24, 2.45) is 0 Å². The second-order valence-electron chi connectivity index (χ2n) is 5.81. The van der Waals surface area contributed by atoms with Crippen molar-refractivity contribution in [1.82, 2.24) is 5.32 Å². The van der Waals surface area contributed by atoms with Gasteiger partial charge in [-0.15, -0.1) is 0 Å². The quantitative estimate of drug-likeness (QED) is 0.887. The lowest BCUT2D eigenvalue weighted by atomic mass is 9.93. The molecule has 104 valence electrons. The zero-order valence-electron chi connectivity index (χ0n) is 11.9. The van der Waals surface area contributed by atoms with Gasteiger partial charge in [0.05, 0.1) is 0 Å². The van der Waals surface area contributed by atoms with Crippen molar-refractivity contribution in [3.05, 3.63) is 18.2 Å². The van der Waals surface area contributed by atoms with Crippen LogP contribution in [-0.4, -0.2) is 31.5 Å². The Morgan fingerprint density at radius 2 is 2.16 bits per heavy atom. The van der Waals surface area contributed by atoms with Crippen LogP contribution >= 0.6 is 0 Å². The van der Waals surface area contributed by atoms with Crippen LogP contribution in [0.25, 0.3) is 0 Å². The minimum absolute atomic E-state index is 0.183. The van der Waals surface area contributed by atoms with Gasteiger partial charge in [-0.3, -0.25) is 0 Å². The summed E-state index contributed by atoms with van der Waals surface area (Å²) in [7, 11) is 0. The van der Waals surface area contributed by atoms with E-state index in [4.69, 9.17) is 9.47 Å². The largest absolute Gasteiger partial charge is 0.454 e. The molecule has 1 N–H and O–H groups in total. The normalized spacial score (nSPS) is 29.6. The van der Waals surface area contributed by atoms with Gasteiger partial charge in [0.25, 0.3) is 0 Å². The van der Waals surface area contributed by atoms with Crippen LogP contribution in [0.1, 0.15) is 27.2 Å². The Balaban J connectivity index is 1.87. The fourth-order valence-corrected chi connectivity index (χ4v) is 2.74. The Morgan fingerprint density at radius 3 is 2.95 bits per heavy atom. The molecule has 0 aromatic heterocycles. The third kappa shape index (κ3) is 2.25. The minimum atomic E-state index is 0.183. The first-order valence-corrected chi connectivity index (χ1v) is 7.03. The third-order valence-electron chi connectivity index (χ3n) is 4.34. The van der Waals surface area contributed by atoms with Crippen molar-refractivity contribution in [3.63, 3.8) is 0 Å². The standard InChI is InChI=1S/C15H22N2O2/c1-4-15(3)9-17(11(2)8-16-15)12-5-6-13-14(7-12)19-10-18-13/h5-7,11,16H,4,8-10H2,1-3H3. The smallest absolute Gasteiger partial charge is 0.231 e. The van der Waals surface area contributed by atoms with Gasteiger partial charge in [0.15, 0.2) is 11.5 Å².